The molecule has 0 saturated carbocycles. The van der Waals surface area contributed by atoms with Crippen molar-refractivity contribution >= 4 is 35.3 Å². The van der Waals surface area contributed by atoms with E-state index in [1.807, 2.05) is 23.5 Å². The van der Waals surface area contributed by atoms with Crippen LogP contribution in [0.3, 0.4) is 0 Å². The maximum Gasteiger partial charge on any atom is 0.199 e. The summed E-state index contributed by atoms with van der Waals surface area (Å²) in [6, 6.07) is 0. The summed E-state index contributed by atoms with van der Waals surface area (Å²) in [6.45, 7) is 0.708. The van der Waals surface area contributed by atoms with Crippen molar-refractivity contribution in [2.75, 3.05) is 24.4 Å². The Labute approximate surface area is 104 Å². The summed E-state index contributed by atoms with van der Waals surface area (Å²) in [4.78, 5) is 0. The van der Waals surface area contributed by atoms with Crippen molar-refractivity contribution in [2.24, 2.45) is 0 Å². The molecule has 0 aromatic heterocycles. The normalized spacial score (nSPS) is 36.4. The van der Waals surface area contributed by atoms with Gasteiger partial charge in [-0.2, -0.15) is 0 Å². The predicted octanol–water partition coefficient (Wildman–Crippen LogP) is 2.76. The van der Waals surface area contributed by atoms with E-state index < -0.39 is 5.79 Å². The summed E-state index contributed by atoms with van der Waals surface area (Å²) >= 11 is 5.48. The lowest BCUT2D eigenvalue weighted by atomic mass is 10.1. The first-order chi connectivity index (χ1) is 7.22. The zero-order valence-corrected chi connectivity index (χ0v) is 11.5. The first-order valence-electron chi connectivity index (χ1n) is 5.42. The van der Waals surface area contributed by atoms with Gasteiger partial charge in [-0.15, -0.1) is 35.3 Å². The van der Waals surface area contributed by atoms with E-state index in [0.717, 1.165) is 30.8 Å². The predicted molar refractivity (Wildman–Crippen MR) is 70.5 cm³/mol. The molecule has 2 rings (SSSR count). The molecule has 2 saturated heterocycles. The van der Waals surface area contributed by atoms with Crippen molar-refractivity contribution in [3.63, 3.8) is 0 Å². The van der Waals surface area contributed by atoms with Crippen LogP contribution < -0.4 is 0 Å². The van der Waals surface area contributed by atoms with E-state index in [1.165, 1.54) is 6.42 Å². The number of ether oxygens (including phenoxy) is 1. The van der Waals surface area contributed by atoms with Crippen molar-refractivity contribution in [3.05, 3.63) is 0 Å². The Balaban J connectivity index is 2.15. The molecule has 5 heteroatoms. The highest BCUT2D eigenvalue weighted by Gasteiger charge is 2.53. The molecule has 0 bridgehead atoms. The summed E-state index contributed by atoms with van der Waals surface area (Å²) in [5, 5.41) is 10.7. The minimum Gasteiger partial charge on any atom is -0.363 e. The van der Waals surface area contributed by atoms with Gasteiger partial charge >= 0.3 is 0 Å². The number of hydrogen-bond acceptors (Lipinski definition) is 5. The Hall–Kier alpha value is 0.970. The Morgan fingerprint density at radius 1 is 1.20 bits per heavy atom. The Morgan fingerprint density at radius 3 is 2.47 bits per heavy atom. The third kappa shape index (κ3) is 2.32. The molecule has 2 heterocycles. The number of aliphatic hydroxyl groups is 1. The molecular weight excluding hydrogens is 248 g/mol. The minimum absolute atomic E-state index is 0.189. The number of thioether (sulfide) groups is 3. The average Bonchev–Trinajstić information content (AvgIpc) is 2.31. The van der Waals surface area contributed by atoms with Crippen molar-refractivity contribution in [2.45, 2.75) is 34.9 Å². The molecule has 2 aliphatic heterocycles. The Morgan fingerprint density at radius 2 is 1.93 bits per heavy atom. The first kappa shape index (κ1) is 12.4. The second-order valence-electron chi connectivity index (χ2n) is 3.90. The first-order valence-corrected chi connectivity index (χ1v) is 8.61. The van der Waals surface area contributed by atoms with Crippen LogP contribution in [0.2, 0.25) is 0 Å². The molecule has 1 N–H and O–H groups in total. The van der Waals surface area contributed by atoms with Gasteiger partial charge in [0.1, 0.15) is 0 Å². The van der Waals surface area contributed by atoms with Gasteiger partial charge in [-0.1, -0.05) is 0 Å². The van der Waals surface area contributed by atoms with Crippen LogP contribution in [-0.4, -0.2) is 38.7 Å². The molecule has 0 aromatic rings. The van der Waals surface area contributed by atoms with Crippen LogP contribution in [0.1, 0.15) is 25.7 Å². The lowest BCUT2D eigenvalue weighted by Crippen LogP contribution is -2.52. The fourth-order valence-electron chi connectivity index (χ4n) is 2.04. The highest BCUT2D eigenvalue weighted by molar-refractivity contribution is 8.34. The molecule has 15 heavy (non-hydrogen) atoms. The molecule has 2 fully saturated rings. The second kappa shape index (κ2) is 5.08. The standard InChI is InChI=1S/C10H18O2S3/c1-13-10(14-7-4-8-15-10)9(11)5-2-3-6-12-9/h11H,2-8H2,1H3. The van der Waals surface area contributed by atoms with Gasteiger partial charge in [0, 0.05) is 6.42 Å². The molecule has 1 atom stereocenters. The van der Waals surface area contributed by atoms with Crippen LogP contribution in [0.4, 0.5) is 0 Å². The average molecular weight is 266 g/mol. The quantitative estimate of drug-likeness (QED) is 0.830. The smallest absolute Gasteiger partial charge is 0.199 e. The van der Waals surface area contributed by atoms with E-state index in [9.17, 15) is 5.11 Å². The highest BCUT2D eigenvalue weighted by atomic mass is 32.3. The van der Waals surface area contributed by atoms with Gasteiger partial charge in [-0.05, 0) is 37.0 Å². The maximum absolute atomic E-state index is 10.7. The molecule has 0 spiro atoms. The van der Waals surface area contributed by atoms with Crippen LogP contribution in [0.5, 0.6) is 0 Å². The third-order valence-electron chi connectivity index (χ3n) is 2.87. The minimum atomic E-state index is -0.916. The number of rotatable bonds is 2. The van der Waals surface area contributed by atoms with E-state index in [1.54, 1.807) is 11.8 Å². The fraction of sp³-hybridized carbons (Fsp3) is 1.00. The van der Waals surface area contributed by atoms with Crippen LogP contribution in [-0.2, 0) is 4.74 Å². The molecular formula is C10H18O2S3. The van der Waals surface area contributed by atoms with Gasteiger partial charge in [0.25, 0.3) is 0 Å². The molecule has 0 aromatic carbocycles. The van der Waals surface area contributed by atoms with Crippen molar-refractivity contribution < 1.29 is 9.84 Å². The van der Waals surface area contributed by atoms with Gasteiger partial charge in [0.05, 0.1) is 6.61 Å². The highest BCUT2D eigenvalue weighted by Crippen LogP contribution is 2.58. The van der Waals surface area contributed by atoms with Crippen LogP contribution >= 0.6 is 35.3 Å². The maximum atomic E-state index is 10.7. The Bertz CT molecular complexity index is 211. The summed E-state index contributed by atoms with van der Waals surface area (Å²) in [7, 11) is 0. The van der Waals surface area contributed by atoms with Gasteiger partial charge in [-0.3, -0.25) is 0 Å². The third-order valence-corrected chi connectivity index (χ3v) is 8.53. The zero-order chi connectivity index (χ0) is 10.8. The largest absolute Gasteiger partial charge is 0.363 e. The van der Waals surface area contributed by atoms with Gasteiger partial charge < -0.3 is 9.84 Å². The summed E-state index contributed by atoms with van der Waals surface area (Å²) in [6.07, 6.45) is 6.28. The molecule has 0 amide bonds. The van der Waals surface area contributed by atoms with Crippen LogP contribution in [0, 0.1) is 0 Å². The van der Waals surface area contributed by atoms with Gasteiger partial charge in [0.2, 0.25) is 0 Å². The van der Waals surface area contributed by atoms with Gasteiger partial charge in [-0.25, -0.2) is 0 Å². The lowest BCUT2D eigenvalue weighted by Gasteiger charge is -2.48. The fourth-order valence-corrected chi connectivity index (χ4v) is 6.86. The van der Waals surface area contributed by atoms with Gasteiger partial charge in [0.15, 0.2) is 9.20 Å². The van der Waals surface area contributed by atoms with E-state index in [4.69, 9.17) is 4.74 Å². The Kier molecular flexibility index (Phi) is 4.21. The van der Waals surface area contributed by atoms with E-state index in [2.05, 4.69) is 6.26 Å². The summed E-state index contributed by atoms with van der Waals surface area (Å²) < 4.78 is 5.50. The topological polar surface area (TPSA) is 29.5 Å². The SMILES string of the molecule is CSC1(C2(O)CCCCO2)SCCCS1. The lowest BCUT2D eigenvalue weighted by molar-refractivity contribution is -0.217. The second-order valence-corrected chi connectivity index (χ2v) is 8.32. The van der Waals surface area contributed by atoms with Crippen LogP contribution in [0.25, 0.3) is 0 Å². The molecule has 0 radical (unpaired) electrons. The van der Waals surface area contributed by atoms with Crippen molar-refractivity contribution in [1.29, 1.82) is 0 Å². The number of hydrogen-bond donors (Lipinski definition) is 1. The zero-order valence-electron chi connectivity index (χ0n) is 9.03. The van der Waals surface area contributed by atoms with E-state index >= 15 is 0 Å². The van der Waals surface area contributed by atoms with Crippen molar-refractivity contribution in [1.82, 2.24) is 0 Å². The molecule has 2 nitrogen and oxygen atoms in total. The van der Waals surface area contributed by atoms with Crippen molar-refractivity contribution in [3.8, 4) is 0 Å². The molecule has 0 aliphatic carbocycles. The molecule has 88 valence electrons. The summed E-state index contributed by atoms with van der Waals surface area (Å²) in [5.41, 5.74) is 0. The van der Waals surface area contributed by atoms with E-state index in [-0.39, 0.29) is 3.41 Å². The van der Waals surface area contributed by atoms with E-state index in [0.29, 0.717) is 6.61 Å². The summed E-state index contributed by atoms with van der Waals surface area (Å²) in [5.74, 6) is 1.36. The monoisotopic (exact) mass is 266 g/mol. The molecule has 1 unspecified atom stereocenters. The molecule has 2 aliphatic rings. The van der Waals surface area contributed by atoms with Crippen LogP contribution in [0.15, 0.2) is 0 Å².